The molecule has 0 aromatic heterocycles. The van der Waals surface area contributed by atoms with Crippen LogP contribution in [0.2, 0.25) is 0 Å². The van der Waals surface area contributed by atoms with Crippen LogP contribution in [0.5, 0.6) is 23.0 Å². The quantitative estimate of drug-likeness (QED) is 0.281. The lowest BCUT2D eigenvalue weighted by atomic mass is 10.1. The van der Waals surface area contributed by atoms with Crippen LogP contribution in [0.1, 0.15) is 11.1 Å². The summed E-state index contributed by atoms with van der Waals surface area (Å²) in [7, 11) is 12.4. The number of nitrogens with zero attached hydrogens (tertiary/aromatic N) is 2. The zero-order valence-electron chi connectivity index (χ0n) is 16.8. The fourth-order valence-electron chi connectivity index (χ4n) is 2.66. The van der Waals surface area contributed by atoms with Gasteiger partial charge in [0, 0.05) is 0 Å². The molecule has 152 valence electrons. The Bertz CT molecular complexity index is 690. The number of aromatic hydroxyl groups is 2. The second-order valence-corrected chi connectivity index (χ2v) is 8.58. The number of quaternary nitrogens is 2. The number of halogens is 2. The Kier molecular flexibility index (Phi) is 9.84. The van der Waals surface area contributed by atoms with Gasteiger partial charge in [-0.3, -0.25) is 0 Å². The van der Waals surface area contributed by atoms with Crippen molar-refractivity contribution in [1.82, 2.24) is 0 Å². The summed E-state index contributed by atoms with van der Waals surface area (Å²) in [6, 6.07) is 10.6. The van der Waals surface area contributed by atoms with E-state index >= 15 is 0 Å². The van der Waals surface area contributed by atoms with E-state index in [0.29, 0.717) is 33.6 Å². The fraction of sp³-hybridized carbons (Fsp3) is 0.400. The first-order chi connectivity index (χ1) is 11.4. The van der Waals surface area contributed by atoms with E-state index in [9.17, 15) is 10.2 Å². The molecule has 27 heavy (non-hydrogen) atoms. The Morgan fingerprint density at radius 1 is 0.667 bits per heavy atom. The monoisotopic (exact) mass is 600 g/mol. The molecule has 0 aliphatic carbocycles. The largest absolute Gasteiger partial charge is 1.00 e. The summed E-state index contributed by atoms with van der Waals surface area (Å²) >= 11 is 0. The molecule has 0 atom stereocenters. The van der Waals surface area contributed by atoms with Crippen LogP contribution < -0.4 is 52.7 Å². The number of benzene rings is 2. The molecule has 2 aromatic carbocycles. The van der Waals surface area contributed by atoms with Crippen LogP contribution in [0.4, 0.5) is 0 Å². The van der Waals surface area contributed by atoms with Gasteiger partial charge in [-0.15, -0.1) is 0 Å². The molecule has 0 amide bonds. The van der Waals surface area contributed by atoms with Crippen LogP contribution in [0, 0.1) is 0 Å². The molecule has 0 aliphatic heterocycles. The maximum atomic E-state index is 10.1. The molecule has 0 radical (unpaired) electrons. The van der Waals surface area contributed by atoms with Crippen molar-refractivity contribution in [3.05, 3.63) is 47.5 Å². The number of phenolic OH excluding ortho intramolecular Hbond substituents is 2. The zero-order valence-corrected chi connectivity index (χ0v) is 21.1. The van der Waals surface area contributed by atoms with Crippen LogP contribution in [-0.2, 0) is 13.1 Å². The zero-order chi connectivity index (χ0) is 18.8. The summed E-state index contributed by atoms with van der Waals surface area (Å²) in [5, 5.41) is 20.1. The highest BCUT2D eigenvalue weighted by Gasteiger charge is 2.16. The first-order valence-electron chi connectivity index (χ1n) is 8.35. The average molecular weight is 600 g/mol. The van der Waals surface area contributed by atoms with Crippen molar-refractivity contribution in [2.45, 2.75) is 13.1 Å². The lowest BCUT2D eigenvalue weighted by molar-refractivity contribution is -0.884. The molecule has 0 saturated heterocycles. The third-order valence-corrected chi connectivity index (χ3v) is 3.63. The van der Waals surface area contributed by atoms with Gasteiger partial charge in [-0.2, -0.15) is 0 Å². The molecule has 0 aliphatic rings. The van der Waals surface area contributed by atoms with Crippen LogP contribution in [0.15, 0.2) is 36.4 Å². The van der Waals surface area contributed by atoms with E-state index in [0.717, 1.165) is 11.1 Å². The molecule has 2 aromatic rings. The van der Waals surface area contributed by atoms with E-state index in [2.05, 4.69) is 42.3 Å². The van der Waals surface area contributed by atoms with Crippen molar-refractivity contribution in [2.75, 3.05) is 42.3 Å². The van der Waals surface area contributed by atoms with E-state index in [4.69, 9.17) is 4.74 Å². The van der Waals surface area contributed by atoms with Crippen molar-refractivity contribution in [1.29, 1.82) is 0 Å². The van der Waals surface area contributed by atoms with Gasteiger partial charge < -0.3 is 71.9 Å². The number of rotatable bonds is 6. The fourth-order valence-corrected chi connectivity index (χ4v) is 2.66. The van der Waals surface area contributed by atoms with Gasteiger partial charge in [-0.1, -0.05) is 0 Å². The molecule has 2 N–H and O–H groups in total. The number of ether oxygens (including phenoxy) is 1. The minimum Gasteiger partial charge on any atom is -1.00 e. The van der Waals surface area contributed by atoms with Gasteiger partial charge in [0.2, 0.25) is 0 Å². The number of hydrogen-bond donors (Lipinski definition) is 2. The van der Waals surface area contributed by atoms with Gasteiger partial charge in [0.15, 0.2) is 0 Å². The first-order valence-corrected chi connectivity index (χ1v) is 8.35. The van der Waals surface area contributed by atoms with E-state index in [1.165, 1.54) is 0 Å². The third kappa shape index (κ3) is 8.84. The van der Waals surface area contributed by atoms with Gasteiger partial charge in [-0.25, -0.2) is 0 Å². The normalized spacial score (nSPS) is 11.3. The molecule has 0 saturated carbocycles. The summed E-state index contributed by atoms with van der Waals surface area (Å²) in [6.07, 6.45) is 0. The predicted octanol–water partition coefficient (Wildman–Crippen LogP) is -2.69. The molecular weight excluding hydrogens is 570 g/mol. The molecule has 0 unspecified atom stereocenters. The van der Waals surface area contributed by atoms with Gasteiger partial charge in [0.25, 0.3) is 0 Å². The SMILES string of the molecule is C[N+](C)(C)Cc1cc(Oc2ccc(O)c(C[N+](C)(C)C)c2)ccc1O.[I-].[I-]. The van der Waals surface area contributed by atoms with Crippen molar-refractivity contribution >= 4 is 0 Å². The highest BCUT2D eigenvalue weighted by molar-refractivity contribution is 5.44. The summed E-state index contributed by atoms with van der Waals surface area (Å²) in [5.41, 5.74) is 1.69. The molecule has 0 fully saturated rings. The van der Waals surface area contributed by atoms with Crippen LogP contribution in [-0.4, -0.2) is 61.5 Å². The van der Waals surface area contributed by atoms with E-state index in [-0.39, 0.29) is 59.5 Å². The Hall–Kier alpha value is -0.780. The maximum absolute atomic E-state index is 10.1. The van der Waals surface area contributed by atoms with Gasteiger partial charge >= 0.3 is 0 Å². The van der Waals surface area contributed by atoms with Crippen LogP contribution >= 0.6 is 0 Å². The van der Waals surface area contributed by atoms with Crippen molar-refractivity contribution in [3.63, 3.8) is 0 Å². The molecule has 0 heterocycles. The first kappa shape index (κ1) is 26.2. The second kappa shape index (κ2) is 10.1. The Balaban J connectivity index is 0.00000338. The standard InChI is InChI=1S/C20H28N2O3.2HI/c1-21(2,3)13-15-11-17(7-9-19(15)23)25-18-8-10-20(24)16(12-18)14-22(4,5)6;;/h7-12H,13-14H2,1-6H3;2*1H. The highest BCUT2D eigenvalue weighted by atomic mass is 127. The molecular formula is C20H30I2N2O3. The number of phenols is 2. The summed E-state index contributed by atoms with van der Waals surface area (Å²) < 4.78 is 7.39. The Morgan fingerprint density at radius 2 is 1.00 bits per heavy atom. The van der Waals surface area contributed by atoms with Crippen LogP contribution in [0.25, 0.3) is 0 Å². The van der Waals surface area contributed by atoms with E-state index in [1.54, 1.807) is 24.3 Å². The van der Waals surface area contributed by atoms with E-state index < -0.39 is 0 Å². The molecule has 5 nitrogen and oxygen atoms in total. The second-order valence-electron chi connectivity index (χ2n) is 8.58. The van der Waals surface area contributed by atoms with Crippen molar-refractivity contribution in [2.24, 2.45) is 0 Å². The topological polar surface area (TPSA) is 49.7 Å². The minimum atomic E-state index is 0. The van der Waals surface area contributed by atoms with Crippen molar-refractivity contribution < 1.29 is 71.9 Å². The van der Waals surface area contributed by atoms with Gasteiger partial charge in [0.1, 0.15) is 36.1 Å². The summed E-state index contributed by atoms with van der Waals surface area (Å²) in [4.78, 5) is 0. The smallest absolute Gasteiger partial charge is 0.128 e. The van der Waals surface area contributed by atoms with E-state index in [1.807, 2.05) is 12.1 Å². The minimum absolute atomic E-state index is 0. The average Bonchev–Trinajstić information content (AvgIpc) is 2.43. The molecule has 2 rings (SSSR count). The Morgan fingerprint density at radius 3 is 1.30 bits per heavy atom. The molecule has 7 heteroatoms. The third-order valence-electron chi connectivity index (χ3n) is 3.63. The predicted molar refractivity (Wildman–Crippen MR) is 99.8 cm³/mol. The Labute approximate surface area is 196 Å². The van der Waals surface area contributed by atoms with Gasteiger partial charge in [0.05, 0.1) is 53.4 Å². The lowest BCUT2D eigenvalue weighted by Crippen LogP contribution is -3.00. The highest BCUT2D eigenvalue weighted by Crippen LogP contribution is 2.31. The lowest BCUT2D eigenvalue weighted by Gasteiger charge is -2.25. The summed E-state index contributed by atoms with van der Waals surface area (Å²) in [6.45, 7) is 1.40. The number of hydrogen-bond acceptors (Lipinski definition) is 3. The maximum Gasteiger partial charge on any atom is 0.128 e. The van der Waals surface area contributed by atoms with Crippen molar-refractivity contribution in [3.8, 4) is 23.0 Å². The molecule has 0 bridgehead atoms. The summed E-state index contributed by atoms with van der Waals surface area (Å²) in [5.74, 6) is 1.89. The van der Waals surface area contributed by atoms with Crippen LogP contribution in [0.3, 0.4) is 0 Å². The molecule has 0 spiro atoms. The van der Waals surface area contributed by atoms with Gasteiger partial charge in [-0.05, 0) is 36.4 Å².